The van der Waals surface area contributed by atoms with Gasteiger partial charge in [-0.25, -0.2) is 0 Å². The van der Waals surface area contributed by atoms with Crippen molar-refractivity contribution < 1.29 is 9.53 Å². The Kier molecular flexibility index (Phi) is 5.76. The van der Waals surface area contributed by atoms with Gasteiger partial charge in [0.05, 0.1) is 6.54 Å². The molecule has 0 aliphatic carbocycles. The summed E-state index contributed by atoms with van der Waals surface area (Å²) in [5, 5.41) is 3.31. The molecular weight excluding hydrogens is 264 g/mol. The standard InChI is InChI=1S/C17H26N2O2/c1-13(2)14-6-8-15(9-7-14)17-18-12-16(20)19(17)10-4-5-11-21-3/h6-9,13,17-18H,4-5,10-12H2,1-3H3. The number of rotatable bonds is 7. The third kappa shape index (κ3) is 4.05. The van der Waals surface area contributed by atoms with E-state index in [2.05, 4.69) is 43.4 Å². The maximum absolute atomic E-state index is 12.0. The van der Waals surface area contributed by atoms with Gasteiger partial charge in [0.1, 0.15) is 6.17 Å². The molecular formula is C17H26N2O2. The van der Waals surface area contributed by atoms with Crippen LogP contribution in [0.3, 0.4) is 0 Å². The summed E-state index contributed by atoms with van der Waals surface area (Å²) in [4.78, 5) is 14.0. The first-order chi connectivity index (χ1) is 10.1. The van der Waals surface area contributed by atoms with Crippen molar-refractivity contribution in [3.05, 3.63) is 35.4 Å². The lowest BCUT2D eigenvalue weighted by atomic mass is 10.0. The number of ether oxygens (including phenoxy) is 1. The van der Waals surface area contributed by atoms with Crippen molar-refractivity contribution in [3.8, 4) is 0 Å². The molecule has 1 aliphatic heterocycles. The number of nitrogens with zero attached hydrogens (tertiary/aromatic N) is 1. The third-order valence-electron chi connectivity index (χ3n) is 4.00. The van der Waals surface area contributed by atoms with Crippen LogP contribution >= 0.6 is 0 Å². The highest BCUT2D eigenvalue weighted by molar-refractivity contribution is 5.80. The van der Waals surface area contributed by atoms with E-state index in [1.807, 2.05) is 4.90 Å². The SMILES string of the molecule is COCCCCN1C(=O)CNC1c1ccc(C(C)C)cc1. The first kappa shape index (κ1) is 16.0. The third-order valence-corrected chi connectivity index (χ3v) is 4.00. The van der Waals surface area contributed by atoms with E-state index in [4.69, 9.17) is 4.74 Å². The van der Waals surface area contributed by atoms with Gasteiger partial charge in [0.2, 0.25) is 5.91 Å². The molecule has 0 spiro atoms. The molecule has 1 atom stereocenters. The molecule has 1 N–H and O–H groups in total. The van der Waals surface area contributed by atoms with E-state index < -0.39 is 0 Å². The van der Waals surface area contributed by atoms with Gasteiger partial charge in [0, 0.05) is 20.3 Å². The minimum absolute atomic E-state index is 0.0151. The number of carbonyl (C=O) groups is 1. The van der Waals surface area contributed by atoms with Gasteiger partial charge < -0.3 is 9.64 Å². The number of nitrogens with one attached hydrogen (secondary N) is 1. The molecule has 1 aromatic carbocycles. The van der Waals surface area contributed by atoms with Crippen LogP contribution in [0.1, 0.15) is 49.9 Å². The average Bonchev–Trinajstić information content (AvgIpc) is 2.85. The van der Waals surface area contributed by atoms with Crippen LogP contribution in [0.4, 0.5) is 0 Å². The Balaban J connectivity index is 2.01. The second-order valence-electron chi connectivity index (χ2n) is 5.89. The number of hydrogen-bond donors (Lipinski definition) is 1. The van der Waals surface area contributed by atoms with Gasteiger partial charge in [-0.05, 0) is 29.9 Å². The molecule has 1 saturated heterocycles. The van der Waals surface area contributed by atoms with Crippen LogP contribution in [-0.4, -0.2) is 37.6 Å². The summed E-state index contributed by atoms with van der Waals surface area (Å²) < 4.78 is 5.06. The van der Waals surface area contributed by atoms with E-state index in [1.165, 1.54) is 5.56 Å². The number of benzene rings is 1. The van der Waals surface area contributed by atoms with E-state index >= 15 is 0 Å². The summed E-state index contributed by atoms with van der Waals surface area (Å²) in [5.41, 5.74) is 2.49. The number of hydrogen-bond acceptors (Lipinski definition) is 3. The summed E-state index contributed by atoms with van der Waals surface area (Å²) in [6, 6.07) is 8.59. The zero-order valence-electron chi connectivity index (χ0n) is 13.3. The number of unbranched alkanes of at least 4 members (excludes halogenated alkanes) is 1. The minimum atomic E-state index is 0.0151. The largest absolute Gasteiger partial charge is 0.385 e. The molecule has 0 saturated carbocycles. The van der Waals surface area contributed by atoms with Gasteiger partial charge in [-0.1, -0.05) is 38.1 Å². The lowest BCUT2D eigenvalue weighted by Gasteiger charge is -2.25. The van der Waals surface area contributed by atoms with Crippen molar-refractivity contribution in [1.82, 2.24) is 10.2 Å². The molecule has 0 radical (unpaired) electrons. The summed E-state index contributed by atoms with van der Waals surface area (Å²) in [6.45, 7) is 6.35. The monoisotopic (exact) mass is 290 g/mol. The predicted molar refractivity (Wildman–Crippen MR) is 84.1 cm³/mol. The van der Waals surface area contributed by atoms with Gasteiger partial charge in [-0.2, -0.15) is 0 Å². The van der Waals surface area contributed by atoms with Crippen LogP contribution in [0.15, 0.2) is 24.3 Å². The molecule has 0 bridgehead atoms. The van der Waals surface area contributed by atoms with E-state index in [0.717, 1.165) is 31.6 Å². The zero-order valence-corrected chi connectivity index (χ0v) is 13.3. The predicted octanol–water partition coefficient (Wildman–Crippen LogP) is 2.67. The fourth-order valence-corrected chi connectivity index (χ4v) is 2.68. The Labute approximate surface area is 127 Å². The minimum Gasteiger partial charge on any atom is -0.385 e. The highest BCUT2D eigenvalue weighted by Crippen LogP contribution is 2.24. The Morgan fingerprint density at radius 3 is 2.62 bits per heavy atom. The zero-order chi connectivity index (χ0) is 15.2. The second-order valence-corrected chi connectivity index (χ2v) is 5.89. The van der Waals surface area contributed by atoms with Crippen LogP contribution in [0.2, 0.25) is 0 Å². The molecule has 0 aromatic heterocycles. The van der Waals surface area contributed by atoms with Crippen molar-refractivity contribution in [2.24, 2.45) is 0 Å². The molecule has 4 nitrogen and oxygen atoms in total. The van der Waals surface area contributed by atoms with Crippen LogP contribution in [0, 0.1) is 0 Å². The highest BCUT2D eigenvalue weighted by atomic mass is 16.5. The molecule has 1 aromatic rings. The Morgan fingerprint density at radius 2 is 2.00 bits per heavy atom. The van der Waals surface area contributed by atoms with Crippen LogP contribution < -0.4 is 5.32 Å². The van der Waals surface area contributed by atoms with Crippen molar-refractivity contribution >= 4 is 5.91 Å². The fraction of sp³-hybridized carbons (Fsp3) is 0.588. The molecule has 4 heteroatoms. The summed E-state index contributed by atoms with van der Waals surface area (Å²) in [6.07, 6.45) is 1.97. The van der Waals surface area contributed by atoms with Crippen LogP contribution in [0.25, 0.3) is 0 Å². The van der Waals surface area contributed by atoms with Crippen molar-refractivity contribution in [2.45, 2.75) is 38.8 Å². The smallest absolute Gasteiger partial charge is 0.238 e. The molecule has 1 aliphatic rings. The highest BCUT2D eigenvalue weighted by Gasteiger charge is 2.30. The first-order valence-electron chi connectivity index (χ1n) is 7.75. The molecule has 2 rings (SSSR count). The molecule has 116 valence electrons. The second kappa shape index (κ2) is 7.57. The van der Waals surface area contributed by atoms with Gasteiger partial charge in [0.25, 0.3) is 0 Å². The maximum atomic E-state index is 12.0. The maximum Gasteiger partial charge on any atom is 0.238 e. The number of amides is 1. The molecule has 21 heavy (non-hydrogen) atoms. The Hall–Kier alpha value is -1.39. The van der Waals surface area contributed by atoms with Gasteiger partial charge >= 0.3 is 0 Å². The molecule has 1 unspecified atom stereocenters. The lowest BCUT2D eigenvalue weighted by molar-refractivity contribution is -0.128. The van der Waals surface area contributed by atoms with Crippen LogP contribution in [0.5, 0.6) is 0 Å². The molecule has 1 fully saturated rings. The first-order valence-corrected chi connectivity index (χ1v) is 7.75. The lowest BCUT2D eigenvalue weighted by Crippen LogP contribution is -2.31. The topological polar surface area (TPSA) is 41.6 Å². The summed E-state index contributed by atoms with van der Waals surface area (Å²) >= 11 is 0. The van der Waals surface area contributed by atoms with E-state index in [-0.39, 0.29) is 12.1 Å². The van der Waals surface area contributed by atoms with E-state index in [1.54, 1.807) is 7.11 Å². The summed E-state index contributed by atoms with van der Waals surface area (Å²) in [7, 11) is 1.71. The van der Waals surface area contributed by atoms with E-state index in [9.17, 15) is 4.79 Å². The van der Waals surface area contributed by atoms with Crippen molar-refractivity contribution in [2.75, 3.05) is 26.8 Å². The molecule has 1 heterocycles. The average molecular weight is 290 g/mol. The van der Waals surface area contributed by atoms with Gasteiger partial charge in [-0.3, -0.25) is 10.1 Å². The van der Waals surface area contributed by atoms with Gasteiger partial charge in [-0.15, -0.1) is 0 Å². The van der Waals surface area contributed by atoms with Crippen molar-refractivity contribution in [1.29, 1.82) is 0 Å². The molecule has 1 amide bonds. The van der Waals surface area contributed by atoms with Crippen LogP contribution in [-0.2, 0) is 9.53 Å². The number of methoxy groups -OCH3 is 1. The van der Waals surface area contributed by atoms with Crippen molar-refractivity contribution in [3.63, 3.8) is 0 Å². The summed E-state index contributed by atoms with van der Waals surface area (Å²) in [5.74, 6) is 0.715. The fourth-order valence-electron chi connectivity index (χ4n) is 2.68. The number of carbonyl (C=O) groups excluding carboxylic acids is 1. The Bertz CT molecular complexity index is 456. The normalized spacial score (nSPS) is 18.8. The quantitative estimate of drug-likeness (QED) is 0.785. The van der Waals surface area contributed by atoms with Gasteiger partial charge in [0.15, 0.2) is 0 Å². The van der Waals surface area contributed by atoms with E-state index in [0.29, 0.717) is 12.5 Å². The Morgan fingerprint density at radius 1 is 1.29 bits per heavy atom.